The quantitative estimate of drug-likeness (QED) is 0.182. The van der Waals surface area contributed by atoms with Gasteiger partial charge in [0.05, 0.1) is 5.69 Å². The van der Waals surface area contributed by atoms with Crippen molar-refractivity contribution in [2.75, 3.05) is 4.90 Å². The average Bonchev–Trinajstić information content (AvgIpc) is 3.83. The number of fused-ring (bicyclic) bond motifs is 8. The monoisotopic (exact) mass is 678 g/mol. The molecule has 2 aromatic heterocycles. The van der Waals surface area contributed by atoms with Gasteiger partial charge < -0.3 is 13.7 Å². The molecule has 0 bridgehead atoms. The Labute approximate surface area is 304 Å². The predicted molar refractivity (Wildman–Crippen MR) is 219 cm³/mol. The lowest BCUT2D eigenvalue weighted by Crippen LogP contribution is -2.11. The number of oxazole rings is 1. The second-order valence-corrected chi connectivity index (χ2v) is 13.6. The second-order valence-electron chi connectivity index (χ2n) is 13.6. The molecular formula is C49H30N2O2. The highest BCUT2D eigenvalue weighted by atomic mass is 16.3. The first-order valence-electron chi connectivity index (χ1n) is 17.9. The van der Waals surface area contributed by atoms with E-state index in [9.17, 15) is 0 Å². The van der Waals surface area contributed by atoms with Crippen LogP contribution in [0.15, 0.2) is 191 Å². The minimum absolute atomic E-state index is 0.579. The molecule has 0 radical (unpaired) electrons. The van der Waals surface area contributed by atoms with Crippen LogP contribution in [-0.4, -0.2) is 4.98 Å². The van der Waals surface area contributed by atoms with Crippen LogP contribution >= 0.6 is 0 Å². The van der Waals surface area contributed by atoms with Crippen molar-refractivity contribution in [3.05, 3.63) is 182 Å². The summed E-state index contributed by atoms with van der Waals surface area (Å²) in [6.45, 7) is 0. The van der Waals surface area contributed by atoms with Gasteiger partial charge in [-0.05, 0) is 87.1 Å². The Morgan fingerprint density at radius 1 is 0.396 bits per heavy atom. The molecule has 0 aliphatic carbocycles. The number of benzene rings is 9. The molecule has 2 heterocycles. The van der Waals surface area contributed by atoms with Crippen LogP contribution in [0.2, 0.25) is 0 Å². The number of aromatic nitrogens is 1. The van der Waals surface area contributed by atoms with Gasteiger partial charge in [0.1, 0.15) is 16.7 Å². The van der Waals surface area contributed by atoms with Crippen molar-refractivity contribution in [1.82, 2.24) is 4.98 Å². The van der Waals surface area contributed by atoms with E-state index >= 15 is 0 Å². The summed E-state index contributed by atoms with van der Waals surface area (Å²) >= 11 is 0. The highest BCUT2D eigenvalue weighted by Gasteiger charge is 2.22. The molecular weight excluding hydrogens is 649 g/mol. The first kappa shape index (κ1) is 29.5. The number of hydrogen-bond acceptors (Lipinski definition) is 4. The molecule has 0 fully saturated rings. The summed E-state index contributed by atoms with van der Waals surface area (Å²) in [7, 11) is 0. The van der Waals surface area contributed by atoms with Gasteiger partial charge >= 0.3 is 0 Å². The van der Waals surface area contributed by atoms with Crippen LogP contribution in [-0.2, 0) is 0 Å². The predicted octanol–water partition coefficient (Wildman–Crippen LogP) is 14.0. The normalized spacial score (nSPS) is 11.8. The van der Waals surface area contributed by atoms with E-state index in [4.69, 9.17) is 13.8 Å². The van der Waals surface area contributed by atoms with Gasteiger partial charge in [-0.3, -0.25) is 0 Å². The molecule has 11 rings (SSSR count). The molecule has 4 nitrogen and oxygen atoms in total. The van der Waals surface area contributed by atoms with Crippen molar-refractivity contribution in [2.24, 2.45) is 0 Å². The highest BCUT2D eigenvalue weighted by Crippen LogP contribution is 2.45. The molecule has 0 spiro atoms. The molecule has 9 aromatic carbocycles. The van der Waals surface area contributed by atoms with E-state index in [1.54, 1.807) is 0 Å². The summed E-state index contributed by atoms with van der Waals surface area (Å²) in [6.07, 6.45) is 0. The molecule has 0 aliphatic heterocycles. The summed E-state index contributed by atoms with van der Waals surface area (Å²) in [6, 6.07) is 64.1. The van der Waals surface area contributed by atoms with Crippen LogP contribution in [0, 0.1) is 0 Å². The van der Waals surface area contributed by atoms with Crippen LogP contribution in [0.1, 0.15) is 0 Å². The topological polar surface area (TPSA) is 42.4 Å². The second kappa shape index (κ2) is 11.7. The number of furan rings is 1. The zero-order valence-corrected chi connectivity index (χ0v) is 28.5. The number of anilines is 3. The summed E-state index contributed by atoms with van der Waals surface area (Å²) in [5, 5.41) is 9.02. The van der Waals surface area contributed by atoms with Gasteiger partial charge in [-0.15, -0.1) is 0 Å². The maximum Gasteiger partial charge on any atom is 0.228 e. The fourth-order valence-corrected chi connectivity index (χ4v) is 7.92. The molecule has 11 aromatic rings. The molecule has 0 N–H and O–H groups in total. The fraction of sp³-hybridized carbons (Fsp3) is 0. The van der Waals surface area contributed by atoms with E-state index in [1.165, 1.54) is 21.5 Å². The van der Waals surface area contributed by atoms with E-state index < -0.39 is 0 Å². The molecule has 0 aliphatic rings. The third-order valence-corrected chi connectivity index (χ3v) is 10.4. The molecule has 0 saturated carbocycles. The van der Waals surface area contributed by atoms with Crippen LogP contribution < -0.4 is 4.90 Å². The number of rotatable bonds is 5. The van der Waals surface area contributed by atoms with Crippen molar-refractivity contribution in [3.8, 4) is 22.6 Å². The van der Waals surface area contributed by atoms with E-state index in [2.05, 4.69) is 157 Å². The zero-order valence-electron chi connectivity index (χ0n) is 28.5. The van der Waals surface area contributed by atoms with Crippen molar-refractivity contribution in [3.63, 3.8) is 0 Å². The van der Waals surface area contributed by atoms with E-state index in [0.717, 1.165) is 77.6 Å². The maximum absolute atomic E-state index is 6.66. The van der Waals surface area contributed by atoms with Crippen molar-refractivity contribution >= 4 is 82.4 Å². The third-order valence-electron chi connectivity index (χ3n) is 10.4. The molecule has 0 unspecified atom stereocenters. The minimum Gasteiger partial charge on any atom is -0.456 e. The molecule has 53 heavy (non-hydrogen) atoms. The number of para-hydroxylation sites is 1. The fourth-order valence-electron chi connectivity index (χ4n) is 7.92. The molecule has 4 heteroatoms. The van der Waals surface area contributed by atoms with E-state index in [0.29, 0.717) is 5.89 Å². The van der Waals surface area contributed by atoms with Crippen LogP contribution in [0.25, 0.3) is 87.9 Å². The number of hydrogen-bond donors (Lipinski definition) is 0. The van der Waals surface area contributed by atoms with Gasteiger partial charge in [0.2, 0.25) is 5.89 Å². The highest BCUT2D eigenvalue weighted by molar-refractivity contribution is 6.13. The Morgan fingerprint density at radius 2 is 1.06 bits per heavy atom. The summed E-state index contributed by atoms with van der Waals surface area (Å²) in [5.74, 6) is 0.579. The van der Waals surface area contributed by atoms with Gasteiger partial charge in [0.25, 0.3) is 0 Å². The van der Waals surface area contributed by atoms with Crippen LogP contribution in [0.3, 0.4) is 0 Å². The minimum atomic E-state index is 0.579. The molecule has 248 valence electrons. The summed E-state index contributed by atoms with van der Waals surface area (Å²) in [4.78, 5) is 7.38. The van der Waals surface area contributed by atoms with E-state index in [1.807, 2.05) is 30.3 Å². The van der Waals surface area contributed by atoms with Gasteiger partial charge in [-0.2, -0.15) is 0 Å². The van der Waals surface area contributed by atoms with Gasteiger partial charge in [0.15, 0.2) is 5.58 Å². The van der Waals surface area contributed by atoms with Crippen LogP contribution in [0.4, 0.5) is 17.1 Å². The molecule has 0 saturated heterocycles. The molecule has 0 atom stereocenters. The first-order valence-corrected chi connectivity index (χ1v) is 17.9. The zero-order chi connectivity index (χ0) is 34.9. The SMILES string of the molecule is c1ccc(N(c2ccc3ccccc3c2)c2ccc3c(c2)oc2cccc(-c4nc5c(ccc6ccccc65)o4)c23)c(-c2ccc3ccccc3c2)c1. The maximum atomic E-state index is 6.66. The first-order chi connectivity index (χ1) is 26.2. The Morgan fingerprint density at radius 3 is 1.92 bits per heavy atom. The summed E-state index contributed by atoms with van der Waals surface area (Å²) in [5.41, 5.74) is 9.55. The van der Waals surface area contributed by atoms with Gasteiger partial charge in [-0.1, -0.05) is 121 Å². The smallest absolute Gasteiger partial charge is 0.228 e. The Bertz CT molecular complexity index is 3210. The lowest BCUT2D eigenvalue weighted by atomic mass is 9.98. The van der Waals surface area contributed by atoms with Crippen molar-refractivity contribution in [1.29, 1.82) is 0 Å². The number of nitrogens with zero attached hydrogens (tertiary/aromatic N) is 2. The van der Waals surface area contributed by atoms with Gasteiger partial charge in [0, 0.05) is 44.7 Å². The van der Waals surface area contributed by atoms with Gasteiger partial charge in [-0.25, -0.2) is 4.98 Å². The Balaban J connectivity index is 1.10. The third kappa shape index (κ3) is 4.80. The van der Waals surface area contributed by atoms with Crippen molar-refractivity contribution in [2.45, 2.75) is 0 Å². The standard InChI is InChI=1S/C49H30N2O2/c1-3-13-34-28-36(21-20-31(34)10-1)39-15-7-8-18-43(39)51(37-24-22-32-11-2-4-14-35(32)29-37)38-25-26-41-46(30-38)52-44-19-9-17-42(47(41)44)49-50-48-40-16-6-5-12-33(40)23-27-45(48)53-49/h1-30H. The Kier molecular flexibility index (Phi) is 6.52. The lowest BCUT2D eigenvalue weighted by Gasteiger charge is -2.28. The van der Waals surface area contributed by atoms with Crippen molar-refractivity contribution < 1.29 is 8.83 Å². The average molecular weight is 679 g/mol. The Hall–Kier alpha value is -7.17. The lowest BCUT2D eigenvalue weighted by molar-refractivity contribution is 0.620. The van der Waals surface area contributed by atoms with E-state index in [-0.39, 0.29) is 0 Å². The molecule has 0 amide bonds. The largest absolute Gasteiger partial charge is 0.456 e. The van der Waals surface area contributed by atoms with Crippen LogP contribution in [0.5, 0.6) is 0 Å². The summed E-state index contributed by atoms with van der Waals surface area (Å²) < 4.78 is 13.1.